The van der Waals surface area contributed by atoms with Crippen molar-refractivity contribution in [3.63, 3.8) is 0 Å². The van der Waals surface area contributed by atoms with E-state index in [9.17, 15) is 9.59 Å². The van der Waals surface area contributed by atoms with E-state index < -0.39 is 0 Å². The molecule has 0 aromatic heterocycles. The molecule has 1 heterocycles. The SMILES string of the molecule is CC=NC(C)C(C)c1ccc(C(=O)C2CCCN2C=O)cc1. The summed E-state index contributed by atoms with van der Waals surface area (Å²) in [5.74, 6) is 0.349. The highest BCUT2D eigenvalue weighted by atomic mass is 16.1. The number of benzene rings is 1. The lowest BCUT2D eigenvalue weighted by molar-refractivity contribution is -0.118. The summed E-state index contributed by atoms with van der Waals surface area (Å²) < 4.78 is 0. The largest absolute Gasteiger partial charge is 0.335 e. The molecule has 4 heteroatoms. The topological polar surface area (TPSA) is 49.7 Å². The third kappa shape index (κ3) is 3.43. The summed E-state index contributed by atoms with van der Waals surface area (Å²) >= 11 is 0. The molecule has 0 radical (unpaired) electrons. The molecule has 118 valence electrons. The zero-order valence-electron chi connectivity index (χ0n) is 13.5. The van der Waals surface area contributed by atoms with Crippen molar-refractivity contribution in [2.24, 2.45) is 4.99 Å². The average molecular weight is 300 g/mol. The van der Waals surface area contributed by atoms with Crippen LogP contribution in [-0.4, -0.2) is 41.9 Å². The summed E-state index contributed by atoms with van der Waals surface area (Å²) in [7, 11) is 0. The van der Waals surface area contributed by atoms with Crippen molar-refractivity contribution >= 4 is 18.4 Å². The fraction of sp³-hybridized carbons (Fsp3) is 0.500. The van der Waals surface area contributed by atoms with Gasteiger partial charge in [-0.25, -0.2) is 0 Å². The predicted molar refractivity (Wildman–Crippen MR) is 88.6 cm³/mol. The monoisotopic (exact) mass is 300 g/mol. The van der Waals surface area contributed by atoms with Gasteiger partial charge in [0.05, 0.1) is 12.1 Å². The zero-order valence-corrected chi connectivity index (χ0v) is 13.5. The number of carbonyl (C=O) groups excluding carboxylic acids is 2. The smallest absolute Gasteiger partial charge is 0.210 e. The first kappa shape index (κ1) is 16.4. The van der Waals surface area contributed by atoms with Crippen molar-refractivity contribution in [1.29, 1.82) is 0 Å². The number of likely N-dealkylation sites (tertiary alicyclic amines) is 1. The zero-order chi connectivity index (χ0) is 16.1. The molecule has 0 spiro atoms. The van der Waals surface area contributed by atoms with Crippen LogP contribution in [0.4, 0.5) is 0 Å². The Morgan fingerprint density at radius 1 is 1.32 bits per heavy atom. The van der Waals surface area contributed by atoms with Crippen LogP contribution in [0.3, 0.4) is 0 Å². The van der Waals surface area contributed by atoms with Crippen molar-refractivity contribution in [3.05, 3.63) is 35.4 Å². The summed E-state index contributed by atoms with van der Waals surface area (Å²) in [5.41, 5.74) is 1.86. The number of amides is 1. The van der Waals surface area contributed by atoms with Gasteiger partial charge in [0, 0.05) is 18.0 Å². The Morgan fingerprint density at radius 2 is 2.00 bits per heavy atom. The molecule has 1 aromatic carbocycles. The first-order chi connectivity index (χ1) is 10.6. The molecule has 3 unspecified atom stereocenters. The molecule has 22 heavy (non-hydrogen) atoms. The fourth-order valence-electron chi connectivity index (χ4n) is 2.98. The van der Waals surface area contributed by atoms with Gasteiger partial charge in [-0.05, 0) is 38.5 Å². The predicted octanol–water partition coefficient (Wildman–Crippen LogP) is 3.07. The van der Waals surface area contributed by atoms with Crippen molar-refractivity contribution in [2.75, 3.05) is 6.54 Å². The van der Waals surface area contributed by atoms with Crippen molar-refractivity contribution in [2.45, 2.75) is 51.6 Å². The van der Waals surface area contributed by atoms with E-state index >= 15 is 0 Å². The quantitative estimate of drug-likeness (QED) is 0.460. The Morgan fingerprint density at radius 3 is 2.59 bits per heavy atom. The summed E-state index contributed by atoms with van der Waals surface area (Å²) in [4.78, 5) is 29.5. The molecule has 2 rings (SSSR count). The molecule has 0 saturated carbocycles. The van der Waals surface area contributed by atoms with Crippen LogP contribution in [0.15, 0.2) is 29.3 Å². The molecule has 3 atom stereocenters. The number of hydrogen-bond donors (Lipinski definition) is 0. The molecule has 1 amide bonds. The summed E-state index contributed by atoms with van der Waals surface area (Å²) in [6.07, 6.45) is 4.28. The molecule has 1 fully saturated rings. The fourth-order valence-corrected chi connectivity index (χ4v) is 2.98. The Labute approximate surface area is 132 Å². The van der Waals surface area contributed by atoms with E-state index in [0.717, 1.165) is 19.3 Å². The number of ketones is 1. The molecule has 1 aromatic rings. The van der Waals surface area contributed by atoms with Gasteiger partial charge in [-0.15, -0.1) is 0 Å². The van der Waals surface area contributed by atoms with Gasteiger partial charge >= 0.3 is 0 Å². The second-order valence-electron chi connectivity index (χ2n) is 5.92. The van der Waals surface area contributed by atoms with E-state index in [2.05, 4.69) is 18.8 Å². The van der Waals surface area contributed by atoms with Crippen molar-refractivity contribution < 1.29 is 9.59 Å². The Kier molecular flexibility index (Phi) is 5.47. The Bertz CT molecular complexity index is 551. The maximum absolute atomic E-state index is 12.5. The summed E-state index contributed by atoms with van der Waals surface area (Å²) in [6, 6.07) is 7.67. The molecule has 0 N–H and O–H groups in total. The van der Waals surface area contributed by atoms with Crippen LogP contribution in [0, 0.1) is 0 Å². The minimum atomic E-state index is -0.288. The lowest BCUT2D eigenvalue weighted by Crippen LogP contribution is -2.35. The van der Waals surface area contributed by atoms with E-state index in [1.54, 1.807) is 4.90 Å². The minimum Gasteiger partial charge on any atom is -0.335 e. The summed E-state index contributed by atoms with van der Waals surface area (Å²) in [5, 5.41) is 0. The maximum Gasteiger partial charge on any atom is 0.210 e. The van der Waals surface area contributed by atoms with E-state index in [1.807, 2.05) is 37.4 Å². The van der Waals surface area contributed by atoms with Gasteiger partial charge in [0.1, 0.15) is 0 Å². The highest BCUT2D eigenvalue weighted by molar-refractivity contribution is 6.01. The van der Waals surface area contributed by atoms with Crippen LogP contribution in [0.1, 0.15) is 55.5 Å². The molecule has 1 aliphatic heterocycles. The van der Waals surface area contributed by atoms with Crippen molar-refractivity contribution in [1.82, 2.24) is 4.90 Å². The number of hydrogen-bond acceptors (Lipinski definition) is 3. The second-order valence-corrected chi connectivity index (χ2v) is 5.92. The van der Waals surface area contributed by atoms with Crippen LogP contribution in [0.2, 0.25) is 0 Å². The molecular weight excluding hydrogens is 276 g/mol. The van der Waals surface area contributed by atoms with Gasteiger partial charge < -0.3 is 4.90 Å². The highest BCUT2D eigenvalue weighted by Crippen LogP contribution is 2.24. The first-order valence-corrected chi connectivity index (χ1v) is 7.91. The molecular formula is C18H24N2O2. The van der Waals surface area contributed by atoms with Crippen LogP contribution >= 0.6 is 0 Å². The van der Waals surface area contributed by atoms with Crippen LogP contribution in [0.5, 0.6) is 0 Å². The Balaban J connectivity index is 2.11. The number of aliphatic imine (C=N–C) groups is 1. The van der Waals surface area contributed by atoms with Crippen LogP contribution in [-0.2, 0) is 4.79 Å². The normalized spacial score (nSPS) is 21.0. The Hall–Kier alpha value is -1.97. The number of carbonyl (C=O) groups is 2. The molecule has 0 aliphatic carbocycles. The van der Waals surface area contributed by atoms with Gasteiger partial charge in [-0.2, -0.15) is 0 Å². The lowest BCUT2D eigenvalue weighted by atomic mass is 9.92. The van der Waals surface area contributed by atoms with Gasteiger partial charge in [0.25, 0.3) is 0 Å². The summed E-state index contributed by atoms with van der Waals surface area (Å²) in [6.45, 7) is 6.83. The van der Waals surface area contributed by atoms with E-state index in [1.165, 1.54) is 5.56 Å². The number of nitrogens with zero attached hydrogens (tertiary/aromatic N) is 2. The van der Waals surface area contributed by atoms with Gasteiger partial charge in [-0.3, -0.25) is 14.6 Å². The standard InChI is InChI=1S/C18H24N2O2/c1-4-19-14(3)13(2)15-7-9-16(10-8-15)18(22)17-6-5-11-20(17)12-21/h4,7-10,12-14,17H,5-6,11H2,1-3H3. The minimum absolute atomic E-state index is 0.0448. The maximum atomic E-state index is 12.5. The van der Waals surface area contributed by atoms with Gasteiger partial charge in [-0.1, -0.05) is 31.2 Å². The lowest BCUT2D eigenvalue weighted by Gasteiger charge is -2.20. The number of Topliss-reactive ketones (excluding diaryl/α,β-unsaturated/α-hetero) is 1. The van der Waals surface area contributed by atoms with E-state index in [-0.39, 0.29) is 17.9 Å². The molecule has 1 saturated heterocycles. The molecule has 1 aliphatic rings. The van der Waals surface area contributed by atoms with Gasteiger partial charge in [0.15, 0.2) is 5.78 Å². The third-order valence-corrected chi connectivity index (χ3v) is 4.56. The van der Waals surface area contributed by atoms with E-state index in [4.69, 9.17) is 0 Å². The van der Waals surface area contributed by atoms with Crippen LogP contribution < -0.4 is 0 Å². The second kappa shape index (κ2) is 7.34. The van der Waals surface area contributed by atoms with E-state index in [0.29, 0.717) is 18.0 Å². The van der Waals surface area contributed by atoms with Gasteiger partial charge in [0.2, 0.25) is 6.41 Å². The van der Waals surface area contributed by atoms with Crippen molar-refractivity contribution in [3.8, 4) is 0 Å². The molecule has 4 nitrogen and oxygen atoms in total. The molecule has 0 bridgehead atoms. The number of rotatable bonds is 6. The first-order valence-electron chi connectivity index (χ1n) is 7.91. The third-order valence-electron chi connectivity index (χ3n) is 4.56. The van der Waals surface area contributed by atoms with Crippen LogP contribution in [0.25, 0.3) is 0 Å². The average Bonchev–Trinajstić information content (AvgIpc) is 3.02. The highest BCUT2D eigenvalue weighted by Gasteiger charge is 2.30.